The summed E-state index contributed by atoms with van der Waals surface area (Å²) in [5.41, 5.74) is 1.45. The van der Waals surface area contributed by atoms with Crippen molar-refractivity contribution >= 4 is 21.6 Å². The molecule has 0 radical (unpaired) electrons. The van der Waals surface area contributed by atoms with Crippen molar-refractivity contribution in [2.24, 2.45) is 5.92 Å². The van der Waals surface area contributed by atoms with Gasteiger partial charge in [-0.25, -0.2) is 13.1 Å². The minimum Gasteiger partial charge on any atom is -0.497 e. The molecule has 0 unspecified atom stereocenters. The Morgan fingerprint density at radius 2 is 1.88 bits per heavy atom. The topological polar surface area (TPSA) is 84.5 Å². The van der Waals surface area contributed by atoms with E-state index in [2.05, 4.69) is 10.0 Å². The first-order valence-electron chi connectivity index (χ1n) is 8.01. The van der Waals surface area contributed by atoms with Crippen LogP contribution in [-0.4, -0.2) is 21.4 Å². The van der Waals surface area contributed by atoms with E-state index in [1.165, 1.54) is 19.2 Å². The number of sulfonamides is 1. The van der Waals surface area contributed by atoms with Gasteiger partial charge in [-0.15, -0.1) is 0 Å². The Morgan fingerprint density at radius 3 is 2.52 bits per heavy atom. The number of benzene rings is 2. The van der Waals surface area contributed by atoms with Crippen molar-refractivity contribution in [2.45, 2.75) is 24.3 Å². The fraction of sp³-hybridized carbons (Fsp3) is 0.278. The Balaban J connectivity index is 1.64. The van der Waals surface area contributed by atoms with Crippen LogP contribution in [0.3, 0.4) is 0 Å². The fourth-order valence-electron chi connectivity index (χ4n) is 2.37. The molecule has 1 aliphatic carbocycles. The first-order chi connectivity index (χ1) is 12.0. The molecule has 132 valence electrons. The lowest BCUT2D eigenvalue weighted by atomic mass is 10.2. The number of amides is 1. The first-order valence-corrected chi connectivity index (χ1v) is 9.50. The highest BCUT2D eigenvalue weighted by atomic mass is 32.2. The van der Waals surface area contributed by atoms with Gasteiger partial charge in [-0.1, -0.05) is 12.1 Å². The van der Waals surface area contributed by atoms with Crippen LogP contribution in [0.1, 0.15) is 18.4 Å². The molecule has 6 nitrogen and oxygen atoms in total. The number of nitrogens with one attached hydrogen (secondary N) is 2. The van der Waals surface area contributed by atoms with E-state index in [1.807, 2.05) is 6.07 Å². The lowest BCUT2D eigenvalue weighted by Gasteiger charge is -2.09. The number of ether oxygens (including phenoxy) is 1. The summed E-state index contributed by atoms with van der Waals surface area (Å²) in [5.74, 6) is 0.742. The molecular weight excluding hydrogens is 340 g/mol. The molecule has 2 aromatic carbocycles. The normalized spacial score (nSPS) is 14.1. The maximum atomic E-state index is 12.3. The van der Waals surface area contributed by atoms with E-state index < -0.39 is 10.0 Å². The van der Waals surface area contributed by atoms with Crippen LogP contribution in [0.4, 0.5) is 5.69 Å². The molecule has 2 aromatic rings. The molecule has 1 saturated carbocycles. The first kappa shape index (κ1) is 17.4. The van der Waals surface area contributed by atoms with Gasteiger partial charge in [0, 0.05) is 18.2 Å². The lowest BCUT2D eigenvalue weighted by molar-refractivity contribution is -0.117. The van der Waals surface area contributed by atoms with E-state index in [0.717, 1.165) is 18.4 Å². The molecule has 0 bridgehead atoms. The van der Waals surface area contributed by atoms with Crippen LogP contribution in [0.5, 0.6) is 5.75 Å². The average molecular weight is 360 g/mol. The zero-order chi connectivity index (χ0) is 17.9. The highest BCUT2D eigenvalue weighted by molar-refractivity contribution is 7.89. The van der Waals surface area contributed by atoms with Gasteiger partial charge < -0.3 is 10.1 Å². The third kappa shape index (κ3) is 4.58. The van der Waals surface area contributed by atoms with Gasteiger partial charge in [0.2, 0.25) is 15.9 Å². The zero-order valence-electron chi connectivity index (χ0n) is 13.9. The minimum absolute atomic E-state index is 0.0240. The third-order valence-corrected chi connectivity index (χ3v) is 5.40. The van der Waals surface area contributed by atoms with Gasteiger partial charge in [0.1, 0.15) is 5.75 Å². The Hall–Kier alpha value is -2.38. The third-order valence-electron chi connectivity index (χ3n) is 3.98. The van der Waals surface area contributed by atoms with Crippen LogP contribution in [0, 0.1) is 5.92 Å². The molecule has 0 spiro atoms. The maximum absolute atomic E-state index is 12.3. The molecule has 25 heavy (non-hydrogen) atoms. The average Bonchev–Trinajstić information content (AvgIpc) is 3.46. The van der Waals surface area contributed by atoms with Gasteiger partial charge in [-0.05, 0) is 54.8 Å². The number of methoxy groups -OCH3 is 1. The molecule has 1 aliphatic rings. The van der Waals surface area contributed by atoms with Gasteiger partial charge in [0.05, 0.1) is 12.0 Å². The second-order valence-corrected chi connectivity index (χ2v) is 7.73. The number of hydrogen-bond acceptors (Lipinski definition) is 4. The van der Waals surface area contributed by atoms with Gasteiger partial charge in [0.25, 0.3) is 0 Å². The Morgan fingerprint density at radius 1 is 1.16 bits per heavy atom. The smallest absolute Gasteiger partial charge is 0.240 e. The van der Waals surface area contributed by atoms with Gasteiger partial charge in [0.15, 0.2) is 0 Å². The van der Waals surface area contributed by atoms with Gasteiger partial charge in [-0.3, -0.25) is 4.79 Å². The predicted octanol–water partition coefficient (Wildman–Crippen LogP) is 2.52. The van der Waals surface area contributed by atoms with E-state index in [9.17, 15) is 13.2 Å². The summed E-state index contributed by atoms with van der Waals surface area (Å²) < 4.78 is 32.3. The van der Waals surface area contributed by atoms with Crippen molar-refractivity contribution in [3.63, 3.8) is 0 Å². The number of carbonyl (C=O) groups excluding carboxylic acids is 1. The van der Waals surface area contributed by atoms with E-state index in [0.29, 0.717) is 11.4 Å². The van der Waals surface area contributed by atoms with E-state index in [-0.39, 0.29) is 23.3 Å². The molecule has 3 rings (SSSR count). The lowest BCUT2D eigenvalue weighted by Crippen LogP contribution is -2.23. The van der Waals surface area contributed by atoms with E-state index in [4.69, 9.17) is 4.74 Å². The Kier molecular flexibility index (Phi) is 5.06. The Labute approximate surface area is 147 Å². The van der Waals surface area contributed by atoms with Crippen LogP contribution in [0.15, 0.2) is 53.4 Å². The van der Waals surface area contributed by atoms with Crippen molar-refractivity contribution < 1.29 is 17.9 Å². The number of hydrogen-bond donors (Lipinski definition) is 2. The van der Waals surface area contributed by atoms with Crippen molar-refractivity contribution in [1.82, 2.24) is 4.72 Å². The molecule has 0 aromatic heterocycles. The predicted molar refractivity (Wildman–Crippen MR) is 94.8 cm³/mol. The second kappa shape index (κ2) is 7.25. The van der Waals surface area contributed by atoms with Crippen LogP contribution in [0.25, 0.3) is 0 Å². The Bertz CT molecular complexity index is 859. The number of anilines is 1. The van der Waals surface area contributed by atoms with Crippen molar-refractivity contribution in [3.05, 3.63) is 54.1 Å². The molecule has 1 fully saturated rings. The summed E-state index contributed by atoms with van der Waals surface area (Å²) in [6, 6.07) is 13.4. The van der Waals surface area contributed by atoms with Crippen LogP contribution in [0.2, 0.25) is 0 Å². The fourth-order valence-corrected chi connectivity index (χ4v) is 3.38. The van der Waals surface area contributed by atoms with Crippen molar-refractivity contribution in [2.75, 3.05) is 12.4 Å². The number of carbonyl (C=O) groups is 1. The molecule has 2 N–H and O–H groups in total. The van der Waals surface area contributed by atoms with E-state index in [1.54, 1.807) is 30.3 Å². The van der Waals surface area contributed by atoms with E-state index >= 15 is 0 Å². The molecule has 0 heterocycles. The summed E-state index contributed by atoms with van der Waals surface area (Å²) in [6.45, 7) is 0.140. The molecule has 0 aliphatic heterocycles. The van der Waals surface area contributed by atoms with Crippen LogP contribution >= 0.6 is 0 Å². The SMILES string of the molecule is COc1ccc(S(=O)(=O)NCc2cccc(NC(=O)C3CC3)c2)cc1. The van der Waals surface area contributed by atoms with Gasteiger partial charge in [-0.2, -0.15) is 0 Å². The summed E-state index contributed by atoms with van der Waals surface area (Å²) in [4.78, 5) is 12.0. The quantitative estimate of drug-likeness (QED) is 0.795. The van der Waals surface area contributed by atoms with Crippen molar-refractivity contribution in [1.29, 1.82) is 0 Å². The largest absolute Gasteiger partial charge is 0.497 e. The highest BCUT2D eigenvalue weighted by Crippen LogP contribution is 2.30. The minimum atomic E-state index is -3.62. The summed E-state index contributed by atoms with van der Waals surface area (Å²) >= 11 is 0. The monoisotopic (exact) mass is 360 g/mol. The summed E-state index contributed by atoms with van der Waals surface area (Å²) in [5, 5.41) is 2.86. The summed E-state index contributed by atoms with van der Waals surface area (Å²) in [7, 11) is -2.09. The van der Waals surface area contributed by atoms with Gasteiger partial charge >= 0.3 is 0 Å². The molecule has 0 saturated heterocycles. The molecule has 7 heteroatoms. The van der Waals surface area contributed by atoms with Crippen molar-refractivity contribution in [3.8, 4) is 5.75 Å². The second-order valence-electron chi connectivity index (χ2n) is 5.96. The molecule has 0 atom stereocenters. The molecular formula is C18H20N2O4S. The summed E-state index contributed by atoms with van der Waals surface area (Å²) in [6.07, 6.45) is 1.88. The highest BCUT2D eigenvalue weighted by Gasteiger charge is 2.29. The molecule has 1 amide bonds. The number of rotatable bonds is 7. The van der Waals surface area contributed by atoms with Crippen LogP contribution < -0.4 is 14.8 Å². The maximum Gasteiger partial charge on any atom is 0.240 e. The standard InChI is InChI=1S/C18H20N2O4S/c1-24-16-7-9-17(10-8-16)25(22,23)19-12-13-3-2-4-15(11-13)20-18(21)14-5-6-14/h2-4,7-11,14,19H,5-6,12H2,1H3,(H,20,21). The zero-order valence-corrected chi connectivity index (χ0v) is 14.7. The van der Waals surface area contributed by atoms with Crippen LogP contribution in [-0.2, 0) is 21.4 Å².